The topological polar surface area (TPSA) is 113 Å². The van der Waals surface area contributed by atoms with E-state index in [1.807, 2.05) is 0 Å². The van der Waals surface area contributed by atoms with E-state index in [1.165, 1.54) is 0 Å². The van der Waals surface area contributed by atoms with Crippen molar-refractivity contribution in [2.24, 2.45) is 0 Å². The van der Waals surface area contributed by atoms with Gasteiger partial charge in [0.2, 0.25) is 0 Å². The summed E-state index contributed by atoms with van der Waals surface area (Å²) in [5.41, 5.74) is 4.02. The van der Waals surface area contributed by atoms with Gasteiger partial charge in [0, 0.05) is 10.4 Å². The molecule has 0 aliphatic heterocycles. The van der Waals surface area contributed by atoms with Gasteiger partial charge in [-0.25, -0.2) is 5.10 Å². The fourth-order valence-electron chi connectivity index (χ4n) is 2.22. The standard InChI is InChI=1S/C17H13ClN4O4/c18-10-4-3-5-11(8-10)26-9-14(23)19-22-17(25)15-12-6-1-2-7-13(12)16(24)21-20-15/h1-8H,9H2,(H,19,23)(H,21,24)(H,22,25). The van der Waals surface area contributed by atoms with E-state index in [2.05, 4.69) is 21.0 Å². The van der Waals surface area contributed by atoms with Crippen LogP contribution in [0.1, 0.15) is 10.5 Å². The minimum absolute atomic E-state index is 0.0174. The summed E-state index contributed by atoms with van der Waals surface area (Å²) in [6.07, 6.45) is 0. The Morgan fingerprint density at radius 3 is 2.62 bits per heavy atom. The molecule has 2 aromatic carbocycles. The van der Waals surface area contributed by atoms with Crippen LogP contribution in [-0.4, -0.2) is 28.6 Å². The number of hydrazine groups is 1. The number of halogens is 1. The number of aromatic nitrogens is 2. The molecule has 1 aromatic heterocycles. The van der Waals surface area contributed by atoms with E-state index in [-0.39, 0.29) is 12.3 Å². The zero-order valence-electron chi connectivity index (χ0n) is 13.3. The van der Waals surface area contributed by atoms with Gasteiger partial charge in [-0.05, 0) is 24.3 Å². The predicted octanol–water partition coefficient (Wildman–Crippen LogP) is 1.42. The minimum Gasteiger partial charge on any atom is -0.484 e. The normalized spacial score (nSPS) is 10.3. The third kappa shape index (κ3) is 3.98. The van der Waals surface area contributed by atoms with Crippen LogP contribution in [0.3, 0.4) is 0 Å². The van der Waals surface area contributed by atoms with Crippen LogP contribution in [0.2, 0.25) is 5.02 Å². The Balaban J connectivity index is 1.61. The van der Waals surface area contributed by atoms with Crippen molar-refractivity contribution in [3.8, 4) is 5.75 Å². The highest BCUT2D eigenvalue weighted by molar-refractivity contribution is 6.30. The first kappa shape index (κ1) is 17.4. The third-order valence-electron chi connectivity index (χ3n) is 3.39. The molecular formula is C17H13ClN4O4. The highest BCUT2D eigenvalue weighted by Gasteiger charge is 2.14. The van der Waals surface area contributed by atoms with Gasteiger partial charge in [0.1, 0.15) is 5.75 Å². The van der Waals surface area contributed by atoms with Gasteiger partial charge in [-0.15, -0.1) is 0 Å². The van der Waals surface area contributed by atoms with Crippen molar-refractivity contribution in [1.82, 2.24) is 21.0 Å². The number of fused-ring (bicyclic) bond motifs is 1. The highest BCUT2D eigenvalue weighted by atomic mass is 35.5. The molecule has 8 nitrogen and oxygen atoms in total. The molecule has 0 saturated heterocycles. The van der Waals surface area contributed by atoms with Gasteiger partial charge >= 0.3 is 0 Å². The Labute approximate surface area is 152 Å². The van der Waals surface area contributed by atoms with Gasteiger partial charge in [0.05, 0.1) is 5.39 Å². The number of ether oxygens (including phenoxy) is 1. The molecule has 0 atom stereocenters. The fourth-order valence-corrected chi connectivity index (χ4v) is 2.40. The molecule has 0 aliphatic carbocycles. The number of nitrogens with one attached hydrogen (secondary N) is 3. The zero-order valence-corrected chi connectivity index (χ0v) is 14.0. The maximum atomic E-state index is 12.2. The van der Waals surface area contributed by atoms with E-state index < -0.39 is 17.4 Å². The molecule has 0 unspecified atom stereocenters. The van der Waals surface area contributed by atoms with Crippen LogP contribution < -0.4 is 21.1 Å². The Bertz CT molecular complexity index is 1030. The quantitative estimate of drug-likeness (QED) is 0.599. The Morgan fingerprint density at radius 1 is 1.08 bits per heavy atom. The molecule has 0 aliphatic rings. The number of H-pyrrole nitrogens is 1. The summed E-state index contributed by atoms with van der Waals surface area (Å²) in [6, 6.07) is 13.1. The molecule has 0 bridgehead atoms. The second kappa shape index (κ2) is 7.66. The molecule has 1 heterocycles. The number of rotatable bonds is 4. The van der Waals surface area contributed by atoms with E-state index in [4.69, 9.17) is 16.3 Å². The number of carbonyl (C=O) groups excluding carboxylic acids is 2. The SMILES string of the molecule is O=C(COc1cccc(Cl)c1)NNC(=O)c1n[nH]c(=O)c2ccccc12. The Kier molecular flexibility index (Phi) is 5.14. The molecule has 132 valence electrons. The third-order valence-corrected chi connectivity index (χ3v) is 3.63. The minimum atomic E-state index is -0.673. The number of aromatic amines is 1. The van der Waals surface area contributed by atoms with Crippen LogP contribution in [0.4, 0.5) is 0 Å². The largest absolute Gasteiger partial charge is 0.484 e. The van der Waals surface area contributed by atoms with Crippen molar-refractivity contribution in [3.05, 3.63) is 69.6 Å². The van der Waals surface area contributed by atoms with Crippen LogP contribution in [0.5, 0.6) is 5.75 Å². The molecule has 26 heavy (non-hydrogen) atoms. The molecular weight excluding hydrogens is 360 g/mol. The summed E-state index contributed by atoms with van der Waals surface area (Å²) in [7, 11) is 0. The number of benzene rings is 2. The smallest absolute Gasteiger partial charge is 0.290 e. The molecule has 3 aromatic rings. The Hall–Kier alpha value is -3.39. The van der Waals surface area contributed by atoms with Crippen LogP contribution in [0.15, 0.2) is 53.3 Å². The van der Waals surface area contributed by atoms with Crippen molar-refractivity contribution in [2.75, 3.05) is 6.61 Å². The van der Waals surface area contributed by atoms with Gasteiger partial charge in [-0.3, -0.25) is 25.2 Å². The molecule has 3 rings (SSSR count). The average Bonchev–Trinajstić information content (AvgIpc) is 2.65. The second-order valence-corrected chi connectivity index (χ2v) is 5.63. The van der Waals surface area contributed by atoms with Crippen LogP contribution in [0.25, 0.3) is 10.8 Å². The van der Waals surface area contributed by atoms with Crippen molar-refractivity contribution in [2.45, 2.75) is 0 Å². The molecule has 0 spiro atoms. The van der Waals surface area contributed by atoms with Crippen LogP contribution in [-0.2, 0) is 4.79 Å². The molecule has 3 N–H and O–H groups in total. The molecule has 2 amide bonds. The lowest BCUT2D eigenvalue weighted by molar-refractivity contribution is -0.123. The number of hydrogen-bond acceptors (Lipinski definition) is 5. The fraction of sp³-hybridized carbons (Fsp3) is 0.0588. The summed E-state index contributed by atoms with van der Waals surface area (Å²) in [5, 5.41) is 7.16. The maximum Gasteiger partial charge on any atom is 0.290 e. The van der Waals surface area contributed by atoms with Crippen LogP contribution in [0, 0.1) is 0 Å². The predicted molar refractivity (Wildman–Crippen MR) is 94.9 cm³/mol. The number of nitrogens with zero attached hydrogens (tertiary/aromatic N) is 1. The first-order valence-electron chi connectivity index (χ1n) is 7.49. The lowest BCUT2D eigenvalue weighted by Gasteiger charge is -2.09. The van der Waals surface area contributed by atoms with Gasteiger partial charge in [-0.2, -0.15) is 5.10 Å². The number of carbonyl (C=O) groups is 2. The summed E-state index contributed by atoms with van der Waals surface area (Å²) in [4.78, 5) is 35.7. The lowest BCUT2D eigenvalue weighted by atomic mass is 10.1. The highest BCUT2D eigenvalue weighted by Crippen LogP contribution is 2.16. The molecule has 9 heteroatoms. The lowest BCUT2D eigenvalue weighted by Crippen LogP contribution is -2.44. The van der Waals surface area contributed by atoms with Gasteiger partial charge in [0.15, 0.2) is 12.3 Å². The maximum absolute atomic E-state index is 12.2. The Morgan fingerprint density at radius 2 is 1.85 bits per heavy atom. The van der Waals surface area contributed by atoms with Gasteiger partial charge in [-0.1, -0.05) is 35.9 Å². The number of hydrogen-bond donors (Lipinski definition) is 3. The van der Waals surface area contributed by atoms with Crippen molar-refractivity contribution >= 4 is 34.2 Å². The van der Waals surface area contributed by atoms with E-state index in [0.29, 0.717) is 21.5 Å². The molecule has 0 fully saturated rings. The zero-order chi connectivity index (χ0) is 18.5. The van der Waals surface area contributed by atoms with E-state index in [9.17, 15) is 14.4 Å². The summed E-state index contributed by atoms with van der Waals surface area (Å²) in [6.45, 7) is -0.319. The van der Waals surface area contributed by atoms with Gasteiger partial charge in [0.25, 0.3) is 17.4 Å². The molecule has 0 radical (unpaired) electrons. The first-order chi connectivity index (χ1) is 12.5. The summed E-state index contributed by atoms with van der Waals surface area (Å²) < 4.78 is 5.26. The van der Waals surface area contributed by atoms with Crippen molar-refractivity contribution < 1.29 is 14.3 Å². The van der Waals surface area contributed by atoms with E-state index >= 15 is 0 Å². The van der Waals surface area contributed by atoms with E-state index in [1.54, 1.807) is 48.5 Å². The van der Waals surface area contributed by atoms with Gasteiger partial charge < -0.3 is 4.74 Å². The first-order valence-corrected chi connectivity index (χ1v) is 7.87. The average molecular weight is 373 g/mol. The van der Waals surface area contributed by atoms with E-state index in [0.717, 1.165) is 0 Å². The second-order valence-electron chi connectivity index (χ2n) is 5.20. The summed E-state index contributed by atoms with van der Waals surface area (Å²) >= 11 is 5.82. The summed E-state index contributed by atoms with van der Waals surface area (Å²) in [5.74, 6) is -0.826. The molecule has 0 saturated carbocycles. The van der Waals surface area contributed by atoms with Crippen molar-refractivity contribution in [3.63, 3.8) is 0 Å². The number of amides is 2. The van der Waals surface area contributed by atoms with Crippen LogP contribution >= 0.6 is 11.6 Å². The van der Waals surface area contributed by atoms with Crippen molar-refractivity contribution in [1.29, 1.82) is 0 Å². The monoisotopic (exact) mass is 372 g/mol.